The second kappa shape index (κ2) is 13.2. The lowest BCUT2D eigenvalue weighted by Gasteiger charge is -2.47. The zero-order valence-electron chi connectivity index (χ0n) is 21.1. The van der Waals surface area contributed by atoms with E-state index in [1.54, 1.807) is 5.48 Å². The molecular weight excluding hydrogens is 638 g/mol. The quantitative estimate of drug-likeness (QED) is 0.0718. The number of carboxylic acid groups (broad SMARTS) is 1. The van der Waals surface area contributed by atoms with Crippen molar-refractivity contribution in [1.29, 1.82) is 0 Å². The number of aliphatic carboxylic acids is 1. The van der Waals surface area contributed by atoms with E-state index in [4.69, 9.17) is 28.1 Å². The van der Waals surface area contributed by atoms with E-state index in [9.17, 15) is 55.0 Å². The summed E-state index contributed by atoms with van der Waals surface area (Å²) in [6.45, 7) is 3.11. The summed E-state index contributed by atoms with van der Waals surface area (Å²) in [4.78, 5) is 12.1. The third-order valence-electron chi connectivity index (χ3n) is 5.13. The molecule has 22 nitrogen and oxygen atoms in total. The Morgan fingerprint density at radius 3 is 1.88 bits per heavy atom. The Balaban J connectivity index is 2.53. The molecule has 0 aromatic heterocycles. The molecule has 0 amide bonds. The van der Waals surface area contributed by atoms with Gasteiger partial charge in [0.1, 0.15) is 42.7 Å². The summed E-state index contributed by atoms with van der Waals surface area (Å²) in [6.07, 6.45) is -20.0. The molecule has 0 saturated carbocycles. The van der Waals surface area contributed by atoms with Gasteiger partial charge < -0.3 is 39.4 Å². The van der Waals surface area contributed by atoms with Crippen LogP contribution in [-0.4, -0.2) is 139 Å². The van der Waals surface area contributed by atoms with Gasteiger partial charge in [0.2, 0.25) is 0 Å². The second-order valence-electron chi connectivity index (χ2n) is 9.46. The van der Waals surface area contributed by atoms with E-state index in [1.807, 2.05) is 0 Å². The number of carbonyl (C=O) groups is 1. The van der Waals surface area contributed by atoms with Crippen LogP contribution < -0.4 is 5.48 Å². The van der Waals surface area contributed by atoms with Crippen LogP contribution in [0, 0.1) is 0 Å². The van der Waals surface area contributed by atoms with E-state index in [2.05, 4.69) is 12.6 Å². The predicted octanol–water partition coefficient (Wildman–Crippen LogP) is -4.50. The molecule has 2 rings (SSSR count). The van der Waals surface area contributed by atoms with E-state index < -0.39 is 111 Å². The summed E-state index contributed by atoms with van der Waals surface area (Å²) in [5, 5.41) is 41.3. The molecule has 0 aromatic rings. The molecule has 0 aliphatic carbocycles. The van der Waals surface area contributed by atoms with Gasteiger partial charge in [-0.15, -0.1) is 0 Å². The first-order valence-electron chi connectivity index (χ1n) is 11.0. The van der Waals surface area contributed by atoms with Crippen LogP contribution in [0.2, 0.25) is 0 Å². The van der Waals surface area contributed by atoms with Gasteiger partial charge in [-0.2, -0.15) is 35.0 Å². The van der Waals surface area contributed by atoms with Crippen molar-refractivity contribution < 1.29 is 95.7 Å². The monoisotopic (exact) mass is 667 g/mol. The Morgan fingerprint density at radius 1 is 0.829 bits per heavy atom. The minimum Gasteiger partial charge on any atom is -0.479 e. The highest BCUT2D eigenvalue weighted by atomic mass is 32.3. The molecule has 2 heterocycles. The summed E-state index contributed by atoms with van der Waals surface area (Å²) in [6, 6.07) is -2.14. The predicted molar refractivity (Wildman–Crippen MR) is 122 cm³/mol. The van der Waals surface area contributed by atoms with E-state index in [-0.39, 0.29) is 0 Å². The van der Waals surface area contributed by atoms with Crippen LogP contribution in [0.4, 0.5) is 0 Å². The third-order valence-corrected chi connectivity index (χ3v) is 6.33. The number of aliphatic hydroxyl groups excluding tert-OH is 3. The molecule has 2 aliphatic heterocycles. The summed E-state index contributed by atoms with van der Waals surface area (Å²) < 4.78 is 128. The fraction of sp³-hybridized carbons (Fsp3) is 0.938. The van der Waals surface area contributed by atoms with Gasteiger partial charge in [-0.05, 0) is 20.8 Å². The molecule has 0 radical (unpaired) electrons. The highest BCUT2D eigenvalue weighted by Crippen LogP contribution is 2.33. The fourth-order valence-corrected chi connectivity index (χ4v) is 4.65. The van der Waals surface area contributed by atoms with Crippen molar-refractivity contribution in [1.82, 2.24) is 5.48 Å². The molecule has 2 saturated heterocycles. The standard InChI is InChI=1S/C16H29NO21S3/c1-16(2,3)36-15-9(20)10(37-40(26,27)28)11(12(35-15)13(21)22)34-14-6(17-38-41(29,30)31)8(19)7(18)5(33-14)4-32-39(23,24)25/h5-12,14-15,17-20H,4H2,1-3H3,(H,21,22)(H,23,24,25)(H,26,27,28)(H,29,30,31). The van der Waals surface area contributed by atoms with Crippen molar-refractivity contribution in [2.75, 3.05) is 6.61 Å². The molecular formula is C16H29NO21S3. The molecule has 25 heteroatoms. The maximum absolute atomic E-state index is 12.1. The van der Waals surface area contributed by atoms with E-state index >= 15 is 0 Å². The van der Waals surface area contributed by atoms with Crippen LogP contribution in [0.3, 0.4) is 0 Å². The van der Waals surface area contributed by atoms with E-state index in [0.29, 0.717) is 0 Å². The SMILES string of the molecule is CC(C)(C)OC1OC(C(=O)O)C(OC2OC(COS(=O)(=O)O)C(O)C(O)C2NOS(=O)(=O)O)C(OS(=O)(=O)O)C1O. The first kappa shape index (κ1) is 36.0. The number of nitrogens with one attached hydrogen (secondary N) is 1. The first-order chi connectivity index (χ1) is 18.4. The van der Waals surface area contributed by atoms with Crippen molar-refractivity contribution in [3.05, 3.63) is 0 Å². The van der Waals surface area contributed by atoms with Gasteiger partial charge in [0.05, 0.1) is 12.2 Å². The van der Waals surface area contributed by atoms with Crippen molar-refractivity contribution in [3.8, 4) is 0 Å². The van der Waals surface area contributed by atoms with Gasteiger partial charge in [-0.3, -0.25) is 13.7 Å². The maximum atomic E-state index is 12.1. The first-order valence-corrected chi connectivity index (χ1v) is 15.1. The summed E-state index contributed by atoms with van der Waals surface area (Å²) >= 11 is 0. The largest absolute Gasteiger partial charge is 0.479 e. The molecule has 0 aromatic carbocycles. The summed E-state index contributed by atoms with van der Waals surface area (Å²) in [5.41, 5.74) is 0.403. The molecule has 8 N–H and O–H groups in total. The fourth-order valence-electron chi connectivity index (χ4n) is 3.60. The number of carboxylic acids is 1. The van der Waals surface area contributed by atoms with E-state index in [0.717, 1.165) is 0 Å². The van der Waals surface area contributed by atoms with Crippen molar-refractivity contribution in [3.63, 3.8) is 0 Å². The van der Waals surface area contributed by atoms with Crippen LogP contribution in [0.15, 0.2) is 0 Å². The lowest BCUT2D eigenvalue weighted by molar-refractivity contribution is -0.349. The average molecular weight is 668 g/mol. The van der Waals surface area contributed by atoms with Gasteiger partial charge in [0.25, 0.3) is 0 Å². The molecule has 41 heavy (non-hydrogen) atoms. The Labute approximate surface area is 232 Å². The Hall–Kier alpha value is -1.24. The van der Waals surface area contributed by atoms with Gasteiger partial charge in [-0.25, -0.2) is 13.2 Å². The van der Waals surface area contributed by atoms with Crippen molar-refractivity contribution in [2.45, 2.75) is 87.7 Å². The number of ether oxygens (including phenoxy) is 4. The number of rotatable bonds is 12. The van der Waals surface area contributed by atoms with Crippen molar-refractivity contribution in [2.24, 2.45) is 0 Å². The molecule has 2 aliphatic rings. The lowest BCUT2D eigenvalue weighted by atomic mass is 9.95. The molecule has 10 unspecified atom stereocenters. The van der Waals surface area contributed by atoms with Gasteiger partial charge in [0.15, 0.2) is 18.7 Å². The Morgan fingerprint density at radius 2 is 1.41 bits per heavy atom. The Kier molecular flexibility index (Phi) is 11.6. The van der Waals surface area contributed by atoms with Crippen LogP contribution in [0.25, 0.3) is 0 Å². The topological polar surface area (TPSA) is 338 Å². The number of hydrogen-bond donors (Lipinski definition) is 8. The number of hydrogen-bond acceptors (Lipinski definition) is 18. The molecule has 2 fully saturated rings. The number of hydroxylamine groups is 1. The van der Waals surface area contributed by atoms with Crippen LogP contribution in [0.5, 0.6) is 0 Å². The van der Waals surface area contributed by atoms with Crippen LogP contribution in [-0.2, 0) is 67.6 Å². The minimum absolute atomic E-state index is 1.14. The maximum Gasteiger partial charge on any atom is 0.413 e. The van der Waals surface area contributed by atoms with Gasteiger partial charge in [0, 0.05) is 0 Å². The second-order valence-corrected chi connectivity index (χ2v) is 12.6. The zero-order valence-corrected chi connectivity index (χ0v) is 23.5. The summed E-state index contributed by atoms with van der Waals surface area (Å²) in [5.74, 6) is -1.91. The highest BCUT2D eigenvalue weighted by Gasteiger charge is 2.56. The molecule has 0 spiro atoms. The Bertz CT molecular complexity index is 1230. The number of aliphatic hydroxyl groups is 3. The molecule has 10 atom stereocenters. The van der Waals surface area contributed by atoms with Crippen LogP contribution >= 0.6 is 0 Å². The highest BCUT2D eigenvalue weighted by molar-refractivity contribution is 7.81. The van der Waals surface area contributed by atoms with Crippen molar-refractivity contribution >= 4 is 37.2 Å². The third kappa shape index (κ3) is 11.1. The smallest absolute Gasteiger partial charge is 0.413 e. The normalized spacial score (nSPS) is 35.7. The van der Waals surface area contributed by atoms with E-state index in [1.165, 1.54) is 20.8 Å². The zero-order chi connectivity index (χ0) is 31.7. The lowest BCUT2D eigenvalue weighted by Crippen LogP contribution is -2.68. The average Bonchev–Trinajstić information content (AvgIpc) is 2.75. The summed E-state index contributed by atoms with van der Waals surface area (Å²) in [7, 11) is -16.0. The van der Waals surface area contributed by atoms with Gasteiger partial charge in [-0.1, -0.05) is 0 Å². The minimum atomic E-state index is -5.49. The van der Waals surface area contributed by atoms with Gasteiger partial charge >= 0.3 is 37.2 Å². The molecule has 242 valence electrons. The molecule has 0 bridgehead atoms. The van der Waals surface area contributed by atoms with Crippen LogP contribution in [0.1, 0.15) is 20.8 Å².